The summed E-state index contributed by atoms with van der Waals surface area (Å²) in [5.41, 5.74) is 6.63. The molecule has 1 aromatic rings. The third-order valence-electron chi connectivity index (χ3n) is 2.22. The van der Waals surface area contributed by atoms with Crippen molar-refractivity contribution >= 4 is 11.3 Å². The van der Waals surface area contributed by atoms with Crippen molar-refractivity contribution in [2.45, 2.75) is 20.0 Å². The molecule has 0 fully saturated rings. The molecule has 86 valence electrons. The van der Waals surface area contributed by atoms with Gasteiger partial charge in [-0.2, -0.15) is 0 Å². The number of rotatable bonds is 7. The molecular formula is C10H19N3OS. The summed E-state index contributed by atoms with van der Waals surface area (Å²) in [5.74, 6) is 0. The van der Waals surface area contributed by atoms with Gasteiger partial charge < -0.3 is 10.5 Å². The Morgan fingerprint density at radius 3 is 2.93 bits per heavy atom. The van der Waals surface area contributed by atoms with E-state index in [9.17, 15) is 0 Å². The second-order valence-corrected chi connectivity index (χ2v) is 4.24. The average Bonchev–Trinajstić information content (AvgIpc) is 2.71. The van der Waals surface area contributed by atoms with E-state index in [1.807, 2.05) is 0 Å². The van der Waals surface area contributed by atoms with Crippen LogP contribution in [0.4, 0.5) is 0 Å². The first-order valence-electron chi connectivity index (χ1n) is 5.14. The van der Waals surface area contributed by atoms with Crippen LogP contribution in [0.3, 0.4) is 0 Å². The molecule has 4 nitrogen and oxygen atoms in total. The van der Waals surface area contributed by atoms with Crippen LogP contribution in [0.25, 0.3) is 0 Å². The highest BCUT2D eigenvalue weighted by Crippen LogP contribution is 2.10. The quantitative estimate of drug-likeness (QED) is 0.760. The number of aromatic nitrogens is 1. The molecule has 5 heteroatoms. The van der Waals surface area contributed by atoms with Crippen molar-refractivity contribution in [1.82, 2.24) is 9.88 Å². The molecule has 0 amide bonds. The monoisotopic (exact) mass is 229 g/mol. The van der Waals surface area contributed by atoms with E-state index in [2.05, 4.69) is 22.2 Å². The van der Waals surface area contributed by atoms with Crippen molar-refractivity contribution in [2.75, 3.05) is 26.8 Å². The average molecular weight is 229 g/mol. The van der Waals surface area contributed by atoms with Gasteiger partial charge in [0, 0.05) is 32.1 Å². The van der Waals surface area contributed by atoms with Gasteiger partial charge in [-0.25, -0.2) is 4.98 Å². The lowest BCUT2D eigenvalue weighted by Gasteiger charge is -2.18. The van der Waals surface area contributed by atoms with E-state index in [1.165, 1.54) is 0 Å². The molecule has 0 aliphatic carbocycles. The molecule has 0 atom stereocenters. The van der Waals surface area contributed by atoms with Crippen LogP contribution in [-0.4, -0.2) is 36.7 Å². The van der Waals surface area contributed by atoms with Gasteiger partial charge in [0.15, 0.2) is 0 Å². The first-order valence-corrected chi connectivity index (χ1v) is 6.02. The molecule has 1 aromatic heterocycles. The number of hydrogen-bond donors (Lipinski definition) is 1. The second kappa shape index (κ2) is 6.90. The maximum Gasteiger partial charge on any atom is 0.106 e. The predicted octanol–water partition coefficient (Wildman–Crippen LogP) is 1.07. The Morgan fingerprint density at radius 1 is 1.60 bits per heavy atom. The van der Waals surface area contributed by atoms with Gasteiger partial charge in [0.2, 0.25) is 0 Å². The molecular weight excluding hydrogens is 210 g/mol. The van der Waals surface area contributed by atoms with Crippen molar-refractivity contribution in [3.05, 3.63) is 16.1 Å². The molecule has 0 saturated heterocycles. The third-order valence-corrected chi connectivity index (χ3v) is 3.14. The fourth-order valence-corrected chi connectivity index (χ4v) is 1.98. The smallest absolute Gasteiger partial charge is 0.106 e. The fourth-order valence-electron chi connectivity index (χ4n) is 1.31. The summed E-state index contributed by atoms with van der Waals surface area (Å²) in [4.78, 5) is 6.74. The van der Waals surface area contributed by atoms with Crippen LogP contribution >= 0.6 is 11.3 Å². The molecule has 0 radical (unpaired) electrons. The minimum atomic E-state index is 0.537. The Bertz CT molecular complexity index is 277. The van der Waals surface area contributed by atoms with Crippen molar-refractivity contribution < 1.29 is 4.74 Å². The van der Waals surface area contributed by atoms with E-state index < -0.39 is 0 Å². The first kappa shape index (κ1) is 12.6. The normalized spacial score (nSPS) is 11.2. The predicted molar refractivity (Wildman–Crippen MR) is 62.8 cm³/mol. The first-order chi connectivity index (χ1) is 7.30. The van der Waals surface area contributed by atoms with Gasteiger partial charge in [-0.05, 0) is 6.54 Å². The van der Waals surface area contributed by atoms with Crippen molar-refractivity contribution in [2.24, 2.45) is 5.73 Å². The number of methoxy groups -OCH3 is 1. The van der Waals surface area contributed by atoms with Crippen molar-refractivity contribution in [3.63, 3.8) is 0 Å². The van der Waals surface area contributed by atoms with Crippen molar-refractivity contribution in [1.29, 1.82) is 0 Å². The van der Waals surface area contributed by atoms with Gasteiger partial charge in [0.1, 0.15) is 5.01 Å². The zero-order valence-electron chi connectivity index (χ0n) is 9.40. The maximum atomic E-state index is 5.52. The van der Waals surface area contributed by atoms with Crippen molar-refractivity contribution in [3.8, 4) is 0 Å². The van der Waals surface area contributed by atoms with Crippen LogP contribution in [0.2, 0.25) is 0 Å². The zero-order chi connectivity index (χ0) is 11.1. The van der Waals surface area contributed by atoms with Crippen LogP contribution in [0, 0.1) is 0 Å². The molecule has 0 aliphatic heterocycles. The summed E-state index contributed by atoms with van der Waals surface area (Å²) in [7, 11) is 1.73. The summed E-state index contributed by atoms with van der Waals surface area (Å²) in [6.07, 6.45) is 0. The van der Waals surface area contributed by atoms with Crippen LogP contribution in [0.5, 0.6) is 0 Å². The lowest BCUT2D eigenvalue weighted by Crippen LogP contribution is -2.26. The molecule has 2 N–H and O–H groups in total. The Kier molecular flexibility index (Phi) is 5.78. The van der Waals surface area contributed by atoms with E-state index >= 15 is 0 Å². The Hall–Kier alpha value is -0.490. The summed E-state index contributed by atoms with van der Waals surface area (Å²) < 4.78 is 5.06. The maximum absolute atomic E-state index is 5.52. The Balaban J connectivity index is 2.43. The number of ether oxygens (including phenoxy) is 1. The molecule has 0 unspecified atom stereocenters. The van der Waals surface area contributed by atoms with E-state index in [4.69, 9.17) is 10.5 Å². The van der Waals surface area contributed by atoms with E-state index in [1.54, 1.807) is 18.4 Å². The molecule has 0 aromatic carbocycles. The highest BCUT2D eigenvalue weighted by molar-refractivity contribution is 7.09. The zero-order valence-corrected chi connectivity index (χ0v) is 10.2. The molecule has 0 bridgehead atoms. The summed E-state index contributed by atoms with van der Waals surface area (Å²) in [6, 6.07) is 0. The number of nitrogens with zero attached hydrogens (tertiary/aromatic N) is 2. The summed E-state index contributed by atoms with van der Waals surface area (Å²) in [5, 5.41) is 3.09. The Labute approximate surface area is 95.1 Å². The molecule has 0 spiro atoms. The minimum Gasteiger partial charge on any atom is -0.383 e. The molecule has 1 rings (SSSR count). The van der Waals surface area contributed by atoms with Gasteiger partial charge in [0.05, 0.1) is 12.3 Å². The van der Waals surface area contributed by atoms with Gasteiger partial charge in [0.25, 0.3) is 0 Å². The van der Waals surface area contributed by atoms with E-state index in [0.717, 1.165) is 36.9 Å². The van der Waals surface area contributed by atoms with Crippen LogP contribution < -0.4 is 5.73 Å². The molecule has 1 heterocycles. The number of likely N-dealkylation sites (N-methyl/N-ethyl adjacent to an activating group) is 1. The number of nitrogens with two attached hydrogens (primary N) is 1. The molecule has 0 aliphatic rings. The number of thiazole rings is 1. The summed E-state index contributed by atoms with van der Waals surface area (Å²) >= 11 is 1.63. The number of hydrogen-bond acceptors (Lipinski definition) is 5. The lowest BCUT2D eigenvalue weighted by molar-refractivity contribution is 0.147. The minimum absolute atomic E-state index is 0.537. The molecule has 15 heavy (non-hydrogen) atoms. The van der Waals surface area contributed by atoms with Gasteiger partial charge in [-0.15, -0.1) is 11.3 Å². The van der Waals surface area contributed by atoms with Gasteiger partial charge in [-0.3, -0.25) is 4.90 Å². The highest BCUT2D eigenvalue weighted by Gasteiger charge is 2.06. The van der Waals surface area contributed by atoms with Crippen LogP contribution in [0.15, 0.2) is 5.38 Å². The molecule has 0 saturated carbocycles. The highest BCUT2D eigenvalue weighted by atomic mass is 32.1. The van der Waals surface area contributed by atoms with E-state index in [0.29, 0.717) is 6.54 Å². The lowest BCUT2D eigenvalue weighted by atomic mass is 10.4. The fraction of sp³-hybridized carbons (Fsp3) is 0.700. The van der Waals surface area contributed by atoms with E-state index in [-0.39, 0.29) is 0 Å². The topological polar surface area (TPSA) is 51.4 Å². The SMILES string of the molecule is CCN(CCOC)Cc1csc(CN)n1. The Morgan fingerprint density at radius 2 is 2.40 bits per heavy atom. The largest absolute Gasteiger partial charge is 0.383 e. The summed E-state index contributed by atoms with van der Waals surface area (Å²) in [6.45, 7) is 6.29. The van der Waals surface area contributed by atoms with Gasteiger partial charge in [-0.1, -0.05) is 6.92 Å². The van der Waals surface area contributed by atoms with Crippen LogP contribution in [-0.2, 0) is 17.8 Å². The third kappa shape index (κ3) is 4.25. The second-order valence-electron chi connectivity index (χ2n) is 3.30. The standard InChI is InChI=1S/C10H19N3OS/c1-3-13(4-5-14-2)7-9-8-15-10(6-11)12-9/h8H,3-7,11H2,1-2H3. The van der Waals surface area contributed by atoms with Gasteiger partial charge >= 0.3 is 0 Å². The van der Waals surface area contributed by atoms with Crippen LogP contribution in [0.1, 0.15) is 17.6 Å².